The number of benzene rings is 3. The highest BCUT2D eigenvalue weighted by atomic mass is 19.1. The summed E-state index contributed by atoms with van der Waals surface area (Å²) in [6.07, 6.45) is 2.05. The van der Waals surface area contributed by atoms with Crippen LogP contribution in [0.5, 0.6) is 11.5 Å². The number of pyridine rings is 1. The molecule has 4 aromatic rings. The molecule has 0 aliphatic heterocycles. The largest absolute Gasteiger partial charge is 0.497 e. The molecule has 3 N–H and O–H groups in total. The average Bonchev–Trinajstić information content (AvgIpc) is 2.87. The van der Waals surface area contributed by atoms with Crippen molar-refractivity contribution in [1.82, 2.24) is 10.3 Å². The second kappa shape index (κ2) is 10.7. The topological polar surface area (TPSA) is 86.5 Å². The maximum absolute atomic E-state index is 14.0. The van der Waals surface area contributed by atoms with Crippen molar-refractivity contribution in [1.29, 1.82) is 0 Å². The minimum atomic E-state index is -0.692. The van der Waals surface area contributed by atoms with Crippen LogP contribution >= 0.6 is 0 Å². The van der Waals surface area contributed by atoms with E-state index in [1.54, 1.807) is 31.4 Å². The number of hydrogen-bond acceptors (Lipinski definition) is 5. The zero-order valence-corrected chi connectivity index (χ0v) is 20.1. The molecule has 0 spiro atoms. The molecule has 0 saturated heterocycles. The summed E-state index contributed by atoms with van der Waals surface area (Å²) in [5, 5.41) is 3.46. The SMILES string of the molecule is COc1ccc(CC(C)(N)CNC(=O)c2ccnc3c(OCc4c(F)cccc4F)cccc23)cc1. The number of halogens is 2. The number of nitrogens with zero attached hydrogens (tertiary/aromatic N) is 1. The zero-order chi connectivity index (χ0) is 25.7. The van der Waals surface area contributed by atoms with Crippen LogP contribution in [0.25, 0.3) is 10.9 Å². The van der Waals surface area contributed by atoms with Gasteiger partial charge in [0.05, 0.1) is 18.2 Å². The summed E-state index contributed by atoms with van der Waals surface area (Å²) < 4.78 is 38.8. The normalized spacial score (nSPS) is 12.7. The van der Waals surface area contributed by atoms with Crippen LogP contribution in [-0.2, 0) is 13.0 Å². The van der Waals surface area contributed by atoms with E-state index in [0.29, 0.717) is 28.6 Å². The molecule has 0 saturated carbocycles. The number of carbonyl (C=O) groups is 1. The van der Waals surface area contributed by atoms with Crippen LogP contribution in [0.2, 0.25) is 0 Å². The van der Waals surface area contributed by atoms with E-state index in [4.69, 9.17) is 15.2 Å². The van der Waals surface area contributed by atoms with Gasteiger partial charge in [0, 0.05) is 23.7 Å². The number of aromatic nitrogens is 1. The van der Waals surface area contributed by atoms with E-state index in [9.17, 15) is 13.6 Å². The van der Waals surface area contributed by atoms with E-state index in [0.717, 1.165) is 11.3 Å². The lowest BCUT2D eigenvalue weighted by atomic mass is 9.93. The lowest BCUT2D eigenvalue weighted by Gasteiger charge is -2.25. The van der Waals surface area contributed by atoms with Crippen LogP contribution in [0.1, 0.15) is 28.4 Å². The number of nitrogens with two attached hydrogens (primary N) is 1. The quantitative estimate of drug-likeness (QED) is 0.352. The highest BCUT2D eigenvalue weighted by Crippen LogP contribution is 2.27. The maximum atomic E-state index is 14.0. The minimum absolute atomic E-state index is 0.178. The first-order valence-electron chi connectivity index (χ1n) is 11.4. The third-order valence-electron chi connectivity index (χ3n) is 5.83. The molecule has 1 atom stereocenters. The highest BCUT2D eigenvalue weighted by molar-refractivity contribution is 6.07. The van der Waals surface area contributed by atoms with Crippen molar-refractivity contribution in [2.75, 3.05) is 13.7 Å². The van der Waals surface area contributed by atoms with Gasteiger partial charge in [0.25, 0.3) is 5.91 Å². The standard InChI is InChI=1S/C28H27F2N3O3/c1-28(31,15-18-9-11-19(35-2)12-10-18)17-33-27(34)21-13-14-32-26-20(21)5-3-8-25(26)36-16-22-23(29)6-4-7-24(22)30/h3-14H,15-17,31H2,1-2H3,(H,33,34). The van der Waals surface area contributed by atoms with Crippen molar-refractivity contribution >= 4 is 16.8 Å². The number of amides is 1. The zero-order valence-electron chi connectivity index (χ0n) is 20.1. The first-order valence-corrected chi connectivity index (χ1v) is 11.4. The summed E-state index contributed by atoms with van der Waals surface area (Å²) in [4.78, 5) is 17.4. The molecule has 1 unspecified atom stereocenters. The summed E-state index contributed by atoms with van der Waals surface area (Å²) in [6.45, 7) is 1.80. The average molecular weight is 492 g/mol. The van der Waals surface area contributed by atoms with E-state index in [-0.39, 0.29) is 24.6 Å². The summed E-state index contributed by atoms with van der Waals surface area (Å²) in [7, 11) is 1.61. The number of carbonyl (C=O) groups excluding carboxylic acids is 1. The number of nitrogens with one attached hydrogen (secondary N) is 1. The number of para-hydroxylation sites is 1. The summed E-state index contributed by atoms with van der Waals surface area (Å²) in [6, 6.07) is 17.9. The van der Waals surface area contributed by atoms with E-state index in [1.807, 2.05) is 31.2 Å². The summed E-state index contributed by atoms with van der Waals surface area (Å²) in [5.74, 6) is -0.623. The Balaban J connectivity index is 1.47. The monoisotopic (exact) mass is 491 g/mol. The van der Waals surface area contributed by atoms with Gasteiger partial charge in [-0.2, -0.15) is 0 Å². The molecule has 0 radical (unpaired) electrons. The van der Waals surface area contributed by atoms with Crippen molar-refractivity contribution in [2.45, 2.75) is 25.5 Å². The van der Waals surface area contributed by atoms with Crippen LogP contribution < -0.4 is 20.5 Å². The van der Waals surface area contributed by atoms with E-state index >= 15 is 0 Å². The molecule has 1 amide bonds. The van der Waals surface area contributed by atoms with Gasteiger partial charge in [-0.1, -0.05) is 30.3 Å². The number of methoxy groups -OCH3 is 1. The Morgan fingerprint density at radius 2 is 1.72 bits per heavy atom. The van der Waals surface area contributed by atoms with E-state index in [2.05, 4.69) is 10.3 Å². The number of fused-ring (bicyclic) bond motifs is 1. The number of rotatable bonds is 9. The van der Waals surface area contributed by atoms with Crippen molar-refractivity contribution in [3.8, 4) is 11.5 Å². The van der Waals surface area contributed by atoms with Crippen molar-refractivity contribution in [3.63, 3.8) is 0 Å². The Bertz CT molecular complexity index is 1350. The Morgan fingerprint density at radius 1 is 1.03 bits per heavy atom. The smallest absolute Gasteiger partial charge is 0.252 e. The van der Waals surface area contributed by atoms with Crippen LogP contribution in [0, 0.1) is 11.6 Å². The minimum Gasteiger partial charge on any atom is -0.497 e. The van der Waals surface area contributed by atoms with Crippen LogP contribution in [-0.4, -0.2) is 30.1 Å². The molecular weight excluding hydrogens is 464 g/mol. The lowest BCUT2D eigenvalue weighted by molar-refractivity contribution is 0.0946. The summed E-state index contributed by atoms with van der Waals surface area (Å²) >= 11 is 0. The fraction of sp³-hybridized carbons (Fsp3) is 0.214. The molecule has 3 aromatic carbocycles. The number of hydrogen-bond donors (Lipinski definition) is 2. The molecule has 0 aliphatic carbocycles. The van der Waals surface area contributed by atoms with Gasteiger partial charge in [-0.3, -0.25) is 9.78 Å². The molecule has 1 heterocycles. The first kappa shape index (κ1) is 25.1. The Morgan fingerprint density at radius 3 is 2.42 bits per heavy atom. The molecule has 36 heavy (non-hydrogen) atoms. The lowest BCUT2D eigenvalue weighted by Crippen LogP contribution is -2.49. The predicted octanol–water partition coefficient (Wildman–Crippen LogP) is 4.79. The van der Waals surface area contributed by atoms with Gasteiger partial charge in [-0.15, -0.1) is 0 Å². The molecule has 1 aromatic heterocycles. The van der Waals surface area contributed by atoms with Gasteiger partial charge in [-0.25, -0.2) is 8.78 Å². The van der Waals surface area contributed by atoms with E-state index in [1.165, 1.54) is 24.4 Å². The van der Waals surface area contributed by atoms with Gasteiger partial charge in [0.2, 0.25) is 0 Å². The van der Waals surface area contributed by atoms with Gasteiger partial charge in [0.1, 0.15) is 35.3 Å². The molecule has 0 fully saturated rings. The Labute approximate surface area is 208 Å². The fourth-order valence-electron chi connectivity index (χ4n) is 3.93. The molecule has 0 aliphatic rings. The second-order valence-corrected chi connectivity index (χ2v) is 8.86. The van der Waals surface area contributed by atoms with Crippen molar-refractivity contribution in [2.24, 2.45) is 5.73 Å². The van der Waals surface area contributed by atoms with Crippen LogP contribution in [0.15, 0.2) is 72.9 Å². The van der Waals surface area contributed by atoms with Crippen molar-refractivity contribution < 1.29 is 23.0 Å². The predicted molar refractivity (Wildman–Crippen MR) is 134 cm³/mol. The third-order valence-corrected chi connectivity index (χ3v) is 5.83. The van der Waals surface area contributed by atoms with Crippen LogP contribution in [0.3, 0.4) is 0 Å². The molecule has 186 valence electrons. The van der Waals surface area contributed by atoms with Crippen molar-refractivity contribution in [3.05, 3.63) is 101 Å². The molecule has 8 heteroatoms. The maximum Gasteiger partial charge on any atom is 0.252 e. The molecular formula is C28H27F2N3O3. The van der Waals surface area contributed by atoms with Gasteiger partial charge in [-0.05, 0) is 55.3 Å². The highest BCUT2D eigenvalue weighted by Gasteiger charge is 2.22. The number of ether oxygens (including phenoxy) is 2. The van der Waals surface area contributed by atoms with Crippen LogP contribution in [0.4, 0.5) is 8.78 Å². The third kappa shape index (κ3) is 5.78. The Hall–Kier alpha value is -4.04. The molecule has 4 rings (SSSR count). The van der Waals surface area contributed by atoms with Gasteiger partial charge < -0.3 is 20.5 Å². The molecule has 0 bridgehead atoms. The fourth-order valence-corrected chi connectivity index (χ4v) is 3.93. The van der Waals surface area contributed by atoms with E-state index < -0.39 is 17.2 Å². The van der Waals surface area contributed by atoms with Gasteiger partial charge >= 0.3 is 0 Å². The Kier molecular flexibility index (Phi) is 7.45. The first-order chi connectivity index (χ1) is 17.3. The molecule has 6 nitrogen and oxygen atoms in total. The second-order valence-electron chi connectivity index (χ2n) is 8.86. The summed E-state index contributed by atoms with van der Waals surface area (Å²) in [5.41, 5.74) is 7.42. The van der Waals surface area contributed by atoms with Gasteiger partial charge in [0.15, 0.2) is 0 Å².